The Morgan fingerprint density at radius 2 is 2.18 bits per heavy atom. The topological polar surface area (TPSA) is 132 Å². The molecule has 0 saturated heterocycles. The smallest absolute Gasteiger partial charge is 0.357 e. The van der Waals surface area contributed by atoms with E-state index >= 15 is 0 Å². The number of carbonyl (C=O) groups excluding carboxylic acids is 1. The molecule has 0 aromatic carbocycles. The third-order valence-corrected chi connectivity index (χ3v) is 3.68. The highest BCUT2D eigenvalue weighted by Crippen LogP contribution is 2.25. The number of nitrogens with one attached hydrogen (secondary N) is 3. The van der Waals surface area contributed by atoms with Crippen molar-refractivity contribution in [2.75, 3.05) is 11.9 Å². The van der Waals surface area contributed by atoms with Crippen molar-refractivity contribution < 1.29 is 18.0 Å². The molecule has 12 heteroatoms. The van der Waals surface area contributed by atoms with Crippen LogP contribution in [-0.2, 0) is 4.79 Å². The standard InChI is InChI=1S/C16H13F3N8O/c1-8(15(28)23-7-16(17,18)19)25-12-6-24-27-14(26-12)11-5-22-13-10(11)2-9(3-20)4-21-13/h2,4-6,8H,7H2,1H3,(H,21,22)(H,23,28)(H,25,26,27). The molecule has 3 N–H and O–H groups in total. The van der Waals surface area contributed by atoms with Gasteiger partial charge in [-0.2, -0.15) is 23.5 Å². The Morgan fingerprint density at radius 1 is 1.39 bits per heavy atom. The number of aromatic nitrogens is 5. The van der Waals surface area contributed by atoms with E-state index in [0.29, 0.717) is 22.2 Å². The van der Waals surface area contributed by atoms with Crippen LogP contribution in [0.4, 0.5) is 19.0 Å². The maximum absolute atomic E-state index is 12.2. The van der Waals surface area contributed by atoms with E-state index in [2.05, 4.69) is 30.5 Å². The lowest BCUT2D eigenvalue weighted by Crippen LogP contribution is -2.42. The molecule has 0 fully saturated rings. The summed E-state index contributed by atoms with van der Waals surface area (Å²) in [6, 6.07) is 2.62. The number of nitrogens with zero attached hydrogens (tertiary/aromatic N) is 5. The molecule has 1 amide bonds. The van der Waals surface area contributed by atoms with Crippen molar-refractivity contribution in [1.29, 1.82) is 5.26 Å². The summed E-state index contributed by atoms with van der Waals surface area (Å²) < 4.78 is 36.6. The number of aromatic amines is 1. The number of halogens is 3. The Morgan fingerprint density at radius 3 is 2.89 bits per heavy atom. The minimum absolute atomic E-state index is 0.151. The lowest BCUT2D eigenvalue weighted by Gasteiger charge is -2.15. The summed E-state index contributed by atoms with van der Waals surface area (Å²) >= 11 is 0. The van der Waals surface area contributed by atoms with E-state index in [0.717, 1.165) is 0 Å². The van der Waals surface area contributed by atoms with Crippen LogP contribution in [-0.4, -0.2) is 49.8 Å². The molecule has 3 aromatic rings. The van der Waals surface area contributed by atoms with Crippen LogP contribution < -0.4 is 10.6 Å². The lowest BCUT2D eigenvalue weighted by atomic mass is 10.1. The van der Waals surface area contributed by atoms with Crippen molar-refractivity contribution in [2.24, 2.45) is 0 Å². The molecule has 0 bridgehead atoms. The number of fused-ring (bicyclic) bond motifs is 1. The van der Waals surface area contributed by atoms with Crippen molar-refractivity contribution in [3.05, 3.63) is 30.2 Å². The number of nitriles is 1. The quantitative estimate of drug-likeness (QED) is 0.605. The van der Waals surface area contributed by atoms with E-state index in [1.54, 1.807) is 17.6 Å². The normalized spacial score (nSPS) is 12.4. The Bertz CT molecular complexity index is 1060. The van der Waals surface area contributed by atoms with Crippen molar-refractivity contribution in [2.45, 2.75) is 19.1 Å². The van der Waals surface area contributed by atoms with E-state index in [-0.39, 0.29) is 11.6 Å². The molecule has 144 valence electrons. The molecule has 3 aromatic heterocycles. The van der Waals surface area contributed by atoms with Crippen molar-refractivity contribution >= 4 is 22.8 Å². The van der Waals surface area contributed by atoms with Crippen LogP contribution in [0.25, 0.3) is 22.4 Å². The van der Waals surface area contributed by atoms with Crippen LogP contribution in [0.15, 0.2) is 24.7 Å². The first-order chi connectivity index (χ1) is 13.3. The van der Waals surface area contributed by atoms with Crippen LogP contribution in [0.3, 0.4) is 0 Å². The summed E-state index contributed by atoms with van der Waals surface area (Å²) in [5, 5.41) is 21.8. The van der Waals surface area contributed by atoms with Gasteiger partial charge in [0, 0.05) is 23.3 Å². The first-order valence-corrected chi connectivity index (χ1v) is 7.95. The Hall–Kier alpha value is -3.75. The van der Waals surface area contributed by atoms with Gasteiger partial charge in [0.15, 0.2) is 5.82 Å². The average molecular weight is 390 g/mol. The second kappa shape index (κ2) is 7.47. The predicted molar refractivity (Wildman–Crippen MR) is 91.8 cm³/mol. The summed E-state index contributed by atoms with van der Waals surface area (Å²) in [6.07, 6.45) is -0.241. The fourth-order valence-electron chi connectivity index (χ4n) is 2.36. The zero-order valence-electron chi connectivity index (χ0n) is 14.4. The first-order valence-electron chi connectivity index (χ1n) is 7.95. The number of H-pyrrole nitrogens is 1. The second-order valence-corrected chi connectivity index (χ2v) is 5.80. The third-order valence-electron chi connectivity index (χ3n) is 3.68. The fourth-order valence-corrected chi connectivity index (χ4v) is 2.36. The maximum atomic E-state index is 12.2. The molecule has 0 aliphatic carbocycles. The molecular weight excluding hydrogens is 377 g/mol. The summed E-state index contributed by atoms with van der Waals surface area (Å²) in [5.41, 5.74) is 1.41. The molecule has 0 aliphatic heterocycles. The molecule has 9 nitrogen and oxygen atoms in total. The molecule has 3 heterocycles. The molecule has 0 saturated carbocycles. The number of amides is 1. The summed E-state index contributed by atoms with van der Waals surface area (Å²) in [5.74, 6) is -0.498. The second-order valence-electron chi connectivity index (χ2n) is 5.80. The number of anilines is 1. The van der Waals surface area contributed by atoms with E-state index in [1.807, 2.05) is 6.07 Å². The Kier molecular flexibility index (Phi) is 5.08. The molecule has 3 rings (SSSR count). The van der Waals surface area contributed by atoms with Crippen LogP contribution >= 0.6 is 0 Å². The highest BCUT2D eigenvalue weighted by atomic mass is 19.4. The van der Waals surface area contributed by atoms with Gasteiger partial charge in [0.05, 0.1) is 11.8 Å². The van der Waals surface area contributed by atoms with E-state index in [4.69, 9.17) is 5.26 Å². The zero-order chi connectivity index (χ0) is 20.3. The number of alkyl halides is 3. The summed E-state index contributed by atoms with van der Waals surface area (Å²) in [6.45, 7) is -0.0308. The molecule has 1 atom stereocenters. The van der Waals surface area contributed by atoms with Crippen LogP contribution in [0, 0.1) is 11.3 Å². The van der Waals surface area contributed by atoms with Gasteiger partial charge < -0.3 is 15.6 Å². The molecule has 0 radical (unpaired) electrons. The molecule has 0 spiro atoms. The third kappa shape index (κ3) is 4.32. The van der Waals surface area contributed by atoms with Gasteiger partial charge in [0.1, 0.15) is 30.1 Å². The minimum atomic E-state index is -4.50. The van der Waals surface area contributed by atoms with Gasteiger partial charge >= 0.3 is 6.18 Å². The van der Waals surface area contributed by atoms with Crippen LogP contribution in [0.2, 0.25) is 0 Å². The van der Waals surface area contributed by atoms with Gasteiger partial charge in [-0.25, -0.2) is 9.97 Å². The summed E-state index contributed by atoms with van der Waals surface area (Å²) in [7, 11) is 0. The van der Waals surface area contributed by atoms with Gasteiger partial charge in [-0.3, -0.25) is 4.79 Å². The largest absolute Gasteiger partial charge is 0.405 e. The Balaban J connectivity index is 1.80. The summed E-state index contributed by atoms with van der Waals surface area (Å²) in [4.78, 5) is 23.1. The average Bonchev–Trinajstić information content (AvgIpc) is 3.08. The van der Waals surface area contributed by atoms with Crippen molar-refractivity contribution in [1.82, 2.24) is 30.5 Å². The maximum Gasteiger partial charge on any atom is 0.405 e. The monoisotopic (exact) mass is 390 g/mol. The predicted octanol–water partition coefficient (Wildman–Crippen LogP) is 1.77. The molecule has 28 heavy (non-hydrogen) atoms. The van der Waals surface area contributed by atoms with Crippen molar-refractivity contribution in [3.63, 3.8) is 0 Å². The number of hydrogen-bond donors (Lipinski definition) is 3. The van der Waals surface area contributed by atoms with Gasteiger partial charge in [0.2, 0.25) is 5.91 Å². The van der Waals surface area contributed by atoms with Crippen LogP contribution in [0.1, 0.15) is 12.5 Å². The van der Waals surface area contributed by atoms with E-state index in [1.165, 1.54) is 19.3 Å². The van der Waals surface area contributed by atoms with Gasteiger partial charge in [-0.1, -0.05) is 0 Å². The Labute approximate surface area is 156 Å². The highest BCUT2D eigenvalue weighted by molar-refractivity contribution is 5.92. The first kappa shape index (κ1) is 19.0. The number of pyridine rings is 1. The minimum Gasteiger partial charge on any atom is -0.357 e. The number of hydrogen-bond acceptors (Lipinski definition) is 7. The van der Waals surface area contributed by atoms with Crippen LogP contribution in [0.5, 0.6) is 0 Å². The van der Waals surface area contributed by atoms with Gasteiger partial charge in [0.25, 0.3) is 0 Å². The number of carbonyl (C=O) groups is 1. The SMILES string of the molecule is CC(Nc1cnnc(-c2c[nH]c3ncc(C#N)cc23)n1)C(=O)NCC(F)(F)F. The zero-order valence-corrected chi connectivity index (χ0v) is 14.4. The number of rotatable bonds is 5. The molecular formula is C16H13F3N8O. The fraction of sp³-hybridized carbons (Fsp3) is 0.250. The highest BCUT2D eigenvalue weighted by Gasteiger charge is 2.28. The molecule has 1 unspecified atom stereocenters. The molecule has 0 aliphatic rings. The van der Waals surface area contributed by atoms with Gasteiger partial charge in [-0.05, 0) is 13.0 Å². The van der Waals surface area contributed by atoms with E-state index < -0.39 is 24.7 Å². The van der Waals surface area contributed by atoms with E-state index in [9.17, 15) is 18.0 Å². The van der Waals surface area contributed by atoms with Gasteiger partial charge in [-0.15, -0.1) is 5.10 Å². The lowest BCUT2D eigenvalue weighted by molar-refractivity contribution is -0.138. The van der Waals surface area contributed by atoms with Crippen molar-refractivity contribution in [3.8, 4) is 17.5 Å².